The van der Waals surface area contributed by atoms with Crippen molar-refractivity contribution in [1.82, 2.24) is 0 Å². The molecule has 1 N–H and O–H groups in total. The number of benzene rings is 1. The first-order chi connectivity index (χ1) is 7.60. The zero-order chi connectivity index (χ0) is 12.1. The molecule has 0 aromatic heterocycles. The molecule has 0 atom stereocenters. The molecule has 3 nitrogen and oxygen atoms in total. The maximum Gasteiger partial charge on any atom is 0.335 e. The second-order valence-electron chi connectivity index (χ2n) is 3.30. The zero-order valence-corrected chi connectivity index (χ0v) is 10.7. The second kappa shape index (κ2) is 5.70. The van der Waals surface area contributed by atoms with Gasteiger partial charge in [0.05, 0.1) is 11.3 Å². The largest absolute Gasteiger partial charge is 0.478 e. The third-order valence-corrected chi connectivity index (χ3v) is 2.90. The van der Waals surface area contributed by atoms with E-state index in [1.807, 2.05) is 13.0 Å². The molecule has 0 aliphatic rings. The van der Waals surface area contributed by atoms with E-state index in [1.54, 1.807) is 18.2 Å². The molecule has 0 spiro atoms. The molecule has 4 heteroatoms. The van der Waals surface area contributed by atoms with Crippen molar-refractivity contribution >= 4 is 27.6 Å². The first-order valence-electron chi connectivity index (χ1n) is 4.98. The number of carboxylic acid groups (broad SMARTS) is 1. The maximum absolute atomic E-state index is 10.8. The van der Waals surface area contributed by atoms with Crippen LogP contribution < -0.4 is 4.90 Å². The molecule has 1 aromatic carbocycles. The van der Waals surface area contributed by atoms with Gasteiger partial charge in [-0.1, -0.05) is 6.08 Å². The van der Waals surface area contributed by atoms with Crippen LogP contribution in [0.2, 0.25) is 0 Å². The fraction of sp³-hybridized carbons (Fsp3) is 0.250. The fourth-order valence-electron chi connectivity index (χ4n) is 1.45. The van der Waals surface area contributed by atoms with Gasteiger partial charge in [-0.2, -0.15) is 0 Å². The molecule has 0 aliphatic carbocycles. The Kier molecular flexibility index (Phi) is 4.55. The Balaban J connectivity index is 3.05. The molecule has 0 fully saturated rings. The monoisotopic (exact) mass is 283 g/mol. The summed E-state index contributed by atoms with van der Waals surface area (Å²) in [7, 11) is 0. The number of aromatic carboxylic acids is 1. The van der Waals surface area contributed by atoms with Gasteiger partial charge in [0, 0.05) is 17.6 Å². The summed E-state index contributed by atoms with van der Waals surface area (Å²) >= 11 is 3.39. The van der Waals surface area contributed by atoms with E-state index in [0.29, 0.717) is 0 Å². The molecule has 0 unspecified atom stereocenters. The highest BCUT2D eigenvalue weighted by atomic mass is 79.9. The van der Waals surface area contributed by atoms with Crippen molar-refractivity contribution in [3.8, 4) is 0 Å². The van der Waals surface area contributed by atoms with Crippen LogP contribution in [0.25, 0.3) is 0 Å². The number of carboxylic acids is 1. The molecule has 0 heterocycles. The average molecular weight is 284 g/mol. The van der Waals surface area contributed by atoms with E-state index in [-0.39, 0.29) is 5.56 Å². The third-order valence-electron chi connectivity index (χ3n) is 2.27. The lowest BCUT2D eigenvalue weighted by molar-refractivity contribution is 0.0697. The molecular weight excluding hydrogens is 270 g/mol. The van der Waals surface area contributed by atoms with Crippen molar-refractivity contribution in [2.75, 3.05) is 18.0 Å². The van der Waals surface area contributed by atoms with Crippen LogP contribution >= 0.6 is 15.9 Å². The van der Waals surface area contributed by atoms with E-state index in [1.165, 1.54) is 0 Å². The van der Waals surface area contributed by atoms with Crippen LogP contribution in [0, 0.1) is 0 Å². The van der Waals surface area contributed by atoms with E-state index in [4.69, 9.17) is 5.11 Å². The quantitative estimate of drug-likeness (QED) is 0.844. The minimum absolute atomic E-state index is 0.283. The smallest absolute Gasteiger partial charge is 0.335 e. The summed E-state index contributed by atoms with van der Waals surface area (Å²) in [5.74, 6) is -0.918. The van der Waals surface area contributed by atoms with Crippen LogP contribution in [-0.2, 0) is 0 Å². The normalized spacial score (nSPS) is 9.88. The molecule has 0 bridgehead atoms. The van der Waals surface area contributed by atoms with Gasteiger partial charge in [-0.25, -0.2) is 4.79 Å². The zero-order valence-electron chi connectivity index (χ0n) is 9.11. The second-order valence-corrected chi connectivity index (χ2v) is 4.15. The molecule has 86 valence electrons. The van der Waals surface area contributed by atoms with E-state index in [0.717, 1.165) is 23.2 Å². The van der Waals surface area contributed by atoms with Gasteiger partial charge in [0.15, 0.2) is 0 Å². The van der Waals surface area contributed by atoms with Crippen LogP contribution in [-0.4, -0.2) is 24.2 Å². The van der Waals surface area contributed by atoms with Crippen molar-refractivity contribution in [2.24, 2.45) is 0 Å². The van der Waals surface area contributed by atoms with Crippen molar-refractivity contribution in [2.45, 2.75) is 6.92 Å². The molecule has 0 aliphatic heterocycles. The number of carbonyl (C=O) groups is 1. The molecule has 0 saturated heterocycles. The van der Waals surface area contributed by atoms with Gasteiger partial charge < -0.3 is 10.0 Å². The topological polar surface area (TPSA) is 40.5 Å². The molecule has 0 radical (unpaired) electrons. The number of hydrogen-bond donors (Lipinski definition) is 1. The summed E-state index contributed by atoms with van der Waals surface area (Å²) in [6, 6.07) is 5.03. The summed E-state index contributed by atoms with van der Waals surface area (Å²) in [6.45, 7) is 7.32. The Bertz CT molecular complexity index is 404. The minimum atomic E-state index is -0.918. The number of hydrogen-bond acceptors (Lipinski definition) is 2. The molecule has 0 saturated carbocycles. The summed E-state index contributed by atoms with van der Waals surface area (Å²) < 4.78 is 0.788. The average Bonchev–Trinajstić information content (AvgIpc) is 2.26. The Morgan fingerprint density at radius 2 is 2.31 bits per heavy atom. The van der Waals surface area contributed by atoms with Crippen LogP contribution in [0.4, 0.5) is 5.69 Å². The Morgan fingerprint density at radius 1 is 1.62 bits per heavy atom. The van der Waals surface area contributed by atoms with Gasteiger partial charge in [0.25, 0.3) is 0 Å². The van der Waals surface area contributed by atoms with Crippen LogP contribution in [0.15, 0.2) is 35.3 Å². The molecule has 0 amide bonds. The fourth-order valence-corrected chi connectivity index (χ4v) is 2.08. The highest BCUT2D eigenvalue weighted by Crippen LogP contribution is 2.27. The number of nitrogens with zero attached hydrogens (tertiary/aromatic N) is 1. The lowest BCUT2D eigenvalue weighted by Gasteiger charge is -2.22. The first kappa shape index (κ1) is 12.8. The number of anilines is 1. The van der Waals surface area contributed by atoms with Crippen molar-refractivity contribution in [1.29, 1.82) is 0 Å². The molecule has 1 aromatic rings. The van der Waals surface area contributed by atoms with Gasteiger partial charge in [-0.3, -0.25) is 0 Å². The summed E-state index contributed by atoms with van der Waals surface area (Å²) in [5, 5.41) is 8.85. The first-order valence-corrected chi connectivity index (χ1v) is 5.78. The predicted octanol–water partition coefficient (Wildman–Crippen LogP) is 3.16. The lowest BCUT2D eigenvalue weighted by atomic mass is 10.2. The molecule has 1 rings (SSSR count). The van der Waals surface area contributed by atoms with Crippen LogP contribution in [0.5, 0.6) is 0 Å². The van der Waals surface area contributed by atoms with Gasteiger partial charge in [0.1, 0.15) is 0 Å². The van der Waals surface area contributed by atoms with Gasteiger partial charge in [0.2, 0.25) is 0 Å². The summed E-state index contributed by atoms with van der Waals surface area (Å²) in [5.41, 5.74) is 1.26. The lowest BCUT2D eigenvalue weighted by Crippen LogP contribution is -2.22. The highest BCUT2D eigenvalue weighted by molar-refractivity contribution is 9.10. The number of halogens is 1. The number of rotatable bonds is 5. The minimum Gasteiger partial charge on any atom is -0.478 e. The Labute approximate surface area is 104 Å². The highest BCUT2D eigenvalue weighted by Gasteiger charge is 2.10. The van der Waals surface area contributed by atoms with Gasteiger partial charge in [-0.15, -0.1) is 6.58 Å². The summed E-state index contributed by atoms with van der Waals surface area (Å²) in [6.07, 6.45) is 1.82. The van der Waals surface area contributed by atoms with Crippen molar-refractivity contribution < 1.29 is 9.90 Å². The van der Waals surface area contributed by atoms with E-state index in [9.17, 15) is 4.79 Å². The third kappa shape index (κ3) is 2.85. The van der Waals surface area contributed by atoms with E-state index >= 15 is 0 Å². The predicted molar refractivity (Wildman–Crippen MR) is 69.2 cm³/mol. The maximum atomic E-state index is 10.8. The number of likely N-dealkylation sites (N-methyl/N-ethyl adjacent to an activating group) is 1. The van der Waals surface area contributed by atoms with Gasteiger partial charge in [-0.05, 0) is 41.1 Å². The van der Waals surface area contributed by atoms with Crippen LogP contribution in [0.1, 0.15) is 17.3 Å². The molecular formula is C12H14BrNO2. The SMILES string of the molecule is C=CCN(CC)c1ccc(C(=O)O)cc1Br. The van der Waals surface area contributed by atoms with E-state index in [2.05, 4.69) is 27.4 Å². The van der Waals surface area contributed by atoms with Crippen molar-refractivity contribution in [3.05, 3.63) is 40.9 Å². The van der Waals surface area contributed by atoms with Gasteiger partial charge >= 0.3 is 5.97 Å². The van der Waals surface area contributed by atoms with Crippen molar-refractivity contribution in [3.63, 3.8) is 0 Å². The van der Waals surface area contributed by atoms with E-state index < -0.39 is 5.97 Å². The standard InChI is InChI=1S/C12H14BrNO2/c1-3-7-14(4-2)11-6-5-9(12(15)16)8-10(11)13/h3,5-6,8H,1,4,7H2,2H3,(H,15,16). The molecule has 16 heavy (non-hydrogen) atoms. The Hall–Kier alpha value is -1.29. The summed E-state index contributed by atoms with van der Waals surface area (Å²) in [4.78, 5) is 12.9. The van der Waals surface area contributed by atoms with Crippen LogP contribution in [0.3, 0.4) is 0 Å². The Morgan fingerprint density at radius 3 is 2.75 bits per heavy atom.